The summed E-state index contributed by atoms with van der Waals surface area (Å²) in [5.74, 6) is -1.40. The van der Waals surface area contributed by atoms with E-state index in [1.54, 1.807) is 4.90 Å². The molecule has 2 heterocycles. The molecule has 0 unspecified atom stereocenters. The maximum atomic E-state index is 13.7. The molecule has 3 rings (SSSR count). The number of nitrogens with zero attached hydrogens (tertiary/aromatic N) is 3. The fourth-order valence-corrected chi connectivity index (χ4v) is 2.64. The number of para-hydroxylation sites is 1. The van der Waals surface area contributed by atoms with E-state index in [1.165, 1.54) is 18.3 Å². The second kappa shape index (κ2) is 5.84. The topological polar surface area (TPSA) is 64.2 Å². The summed E-state index contributed by atoms with van der Waals surface area (Å²) >= 11 is 0. The highest BCUT2D eigenvalue weighted by atomic mass is 19.1. The van der Waals surface area contributed by atoms with Crippen LogP contribution < -0.4 is 5.73 Å². The monoisotopic (exact) mass is 306 g/mol. The normalized spacial score (nSPS) is 18.0. The summed E-state index contributed by atoms with van der Waals surface area (Å²) in [5.41, 5.74) is 5.49. The summed E-state index contributed by atoms with van der Waals surface area (Å²) in [6.45, 7) is 1.76. The lowest BCUT2D eigenvalue weighted by atomic mass is 10.1. The molecule has 1 aromatic heterocycles. The molecule has 22 heavy (non-hydrogen) atoms. The first-order valence-corrected chi connectivity index (χ1v) is 7.09. The quantitative estimate of drug-likeness (QED) is 0.936. The van der Waals surface area contributed by atoms with Crippen LogP contribution in [-0.2, 0) is 0 Å². The Bertz CT molecular complexity index is 680. The molecule has 0 saturated carbocycles. The second-order valence-corrected chi connectivity index (χ2v) is 5.36. The third-order valence-electron chi connectivity index (χ3n) is 3.88. The number of benzene rings is 1. The van der Waals surface area contributed by atoms with Crippen LogP contribution in [0.5, 0.6) is 0 Å². The van der Waals surface area contributed by atoms with Crippen molar-refractivity contribution in [2.45, 2.75) is 6.42 Å². The molecule has 0 spiro atoms. The van der Waals surface area contributed by atoms with Crippen LogP contribution in [0, 0.1) is 17.6 Å². The van der Waals surface area contributed by atoms with Crippen molar-refractivity contribution < 1.29 is 13.6 Å². The maximum absolute atomic E-state index is 13.7. The fraction of sp³-hybridized carbons (Fsp3) is 0.333. The standard InChI is InChI=1S/C15H16F2N4O/c16-11-2-1-3-12(17)14(11)21-7-5-13(19-21)15(22)20-6-4-10(8-18)9-20/h1-3,5,7,10H,4,6,8-9,18H2/t10-/m1/s1. The zero-order valence-corrected chi connectivity index (χ0v) is 11.9. The van der Waals surface area contributed by atoms with Crippen LogP contribution >= 0.6 is 0 Å². The van der Waals surface area contributed by atoms with Gasteiger partial charge in [-0.05, 0) is 37.1 Å². The Kier molecular flexibility index (Phi) is 3.89. The van der Waals surface area contributed by atoms with E-state index in [1.807, 2.05) is 0 Å². The Morgan fingerprint density at radius 1 is 1.32 bits per heavy atom. The van der Waals surface area contributed by atoms with Crippen molar-refractivity contribution in [2.75, 3.05) is 19.6 Å². The number of rotatable bonds is 3. The largest absolute Gasteiger partial charge is 0.337 e. The predicted molar refractivity (Wildman–Crippen MR) is 76.5 cm³/mol. The van der Waals surface area contributed by atoms with E-state index in [-0.39, 0.29) is 17.3 Å². The molecule has 1 amide bonds. The van der Waals surface area contributed by atoms with Gasteiger partial charge in [-0.2, -0.15) is 5.10 Å². The number of carbonyl (C=O) groups is 1. The molecule has 1 fully saturated rings. The van der Waals surface area contributed by atoms with Gasteiger partial charge in [0.25, 0.3) is 5.91 Å². The molecule has 0 bridgehead atoms. The van der Waals surface area contributed by atoms with E-state index in [0.29, 0.717) is 25.6 Å². The average Bonchev–Trinajstić information content (AvgIpc) is 3.16. The minimum absolute atomic E-state index is 0.167. The molecular weight excluding hydrogens is 290 g/mol. The highest BCUT2D eigenvalue weighted by Crippen LogP contribution is 2.19. The first-order valence-electron chi connectivity index (χ1n) is 7.09. The number of likely N-dealkylation sites (tertiary alicyclic amines) is 1. The van der Waals surface area contributed by atoms with Gasteiger partial charge in [0, 0.05) is 19.3 Å². The van der Waals surface area contributed by atoms with Crippen LogP contribution in [0.3, 0.4) is 0 Å². The van der Waals surface area contributed by atoms with Gasteiger partial charge in [0.1, 0.15) is 5.69 Å². The van der Waals surface area contributed by atoms with Crippen LogP contribution in [0.2, 0.25) is 0 Å². The van der Waals surface area contributed by atoms with Gasteiger partial charge >= 0.3 is 0 Å². The Hall–Kier alpha value is -2.28. The zero-order chi connectivity index (χ0) is 15.7. The van der Waals surface area contributed by atoms with Crippen molar-refractivity contribution in [1.29, 1.82) is 0 Å². The van der Waals surface area contributed by atoms with E-state index in [9.17, 15) is 13.6 Å². The summed E-state index contributed by atoms with van der Waals surface area (Å²) in [6.07, 6.45) is 2.25. The van der Waals surface area contributed by atoms with Crippen molar-refractivity contribution >= 4 is 5.91 Å². The highest BCUT2D eigenvalue weighted by Gasteiger charge is 2.27. The molecular formula is C15H16F2N4O. The summed E-state index contributed by atoms with van der Waals surface area (Å²) in [6, 6.07) is 5.03. The number of hydrogen-bond acceptors (Lipinski definition) is 3. The molecule has 5 nitrogen and oxygen atoms in total. The third kappa shape index (κ3) is 2.59. The minimum Gasteiger partial charge on any atom is -0.337 e. The SMILES string of the molecule is NC[C@H]1CCN(C(=O)c2ccn(-c3c(F)cccc3F)n2)C1. The average molecular weight is 306 g/mol. The highest BCUT2D eigenvalue weighted by molar-refractivity contribution is 5.92. The van der Waals surface area contributed by atoms with Crippen molar-refractivity contribution in [2.24, 2.45) is 11.7 Å². The molecule has 2 N–H and O–H groups in total. The lowest BCUT2D eigenvalue weighted by Crippen LogP contribution is -2.30. The third-order valence-corrected chi connectivity index (χ3v) is 3.88. The summed E-state index contributed by atoms with van der Waals surface area (Å²) in [4.78, 5) is 14.0. The van der Waals surface area contributed by atoms with E-state index >= 15 is 0 Å². The van der Waals surface area contributed by atoms with Gasteiger partial charge in [-0.3, -0.25) is 4.79 Å². The first-order chi connectivity index (χ1) is 10.6. The van der Waals surface area contributed by atoms with Gasteiger partial charge in [0.05, 0.1) is 0 Å². The number of aromatic nitrogens is 2. The van der Waals surface area contributed by atoms with Crippen molar-refractivity contribution in [3.05, 3.63) is 47.8 Å². The Labute approximate surface area is 126 Å². The lowest BCUT2D eigenvalue weighted by molar-refractivity contribution is 0.0781. The Morgan fingerprint density at radius 2 is 2.05 bits per heavy atom. The van der Waals surface area contributed by atoms with Gasteiger partial charge in [0.2, 0.25) is 0 Å². The molecule has 1 saturated heterocycles. The molecule has 2 aromatic rings. The number of hydrogen-bond donors (Lipinski definition) is 1. The van der Waals surface area contributed by atoms with Crippen LogP contribution in [0.4, 0.5) is 8.78 Å². The Morgan fingerprint density at radius 3 is 2.68 bits per heavy atom. The summed E-state index contributed by atoms with van der Waals surface area (Å²) in [5, 5.41) is 4.01. The van der Waals surface area contributed by atoms with E-state index < -0.39 is 11.6 Å². The molecule has 1 aliphatic heterocycles. The lowest BCUT2D eigenvalue weighted by Gasteiger charge is -2.14. The van der Waals surface area contributed by atoms with Gasteiger partial charge in [-0.25, -0.2) is 13.5 Å². The van der Waals surface area contributed by atoms with Gasteiger partial charge in [-0.1, -0.05) is 6.07 Å². The Balaban J connectivity index is 1.84. The van der Waals surface area contributed by atoms with Crippen molar-refractivity contribution in [1.82, 2.24) is 14.7 Å². The molecule has 116 valence electrons. The number of halogens is 2. The molecule has 0 radical (unpaired) electrons. The number of amides is 1. The van der Waals surface area contributed by atoms with Crippen molar-refractivity contribution in [3.8, 4) is 5.69 Å². The first kappa shape index (κ1) is 14.6. The number of carbonyl (C=O) groups excluding carboxylic acids is 1. The van der Waals surface area contributed by atoms with Crippen LogP contribution in [0.15, 0.2) is 30.5 Å². The summed E-state index contributed by atoms with van der Waals surface area (Å²) in [7, 11) is 0. The second-order valence-electron chi connectivity index (χ2n) is 5.36. The van der Waals surface area contributed by atoms with Gasteiger partial charge in [-0.15, -0.1) is 0 Å². The van der Waals surface area contributed by atoms with E-state index in [2.05, 4.69) is 5.10 Å². The summed E-state index contributed by atoms with van der Waals surface area (Å²) < 4.78 is 28.5. The van der Waals surface area contributed by atoms with Crippen LogP contribution in [-0.4, -0.2) is 40.2 Å². The molecule has 1 aliphatic rings. The van der Waals surface area contributed by atoms with E-state index in [4.69, 9.17) is 5.73 Å². The molecule has 0 aliphatic carbocycles. The molecule has 1 aromatic carbocycles. The maximum Gasteiger partial charge on any atom is 0.274 e. The molecule has 1 atom stereocenters. The smallest absolute Gasteiger partial charge is 0.274 e. The van der Waals surface area contributed by atoms with Gasteiger partial charge in [0.15, 0.2) is 17.3 Å². The van der Waals surface area contributed by atoms with Crippen LogP contribution in [0.25, 0.3) is 5.69 Å². The van der Waals surface area contributed by atoms with Crippen molar-refractivity contribution in [3.63, 3.8) is 0 Å². The fourth-order valence-electron chi connectivity index (χ4n) is 2.64. The van der Waals surface area contributed by atoms with E-state index in [0.717, 1.165) is 23.2 Å². The number of nitrogens with two attached hydrogens (primary N) is 1. The zero-order valence-electron chi connectivity index (χ0n) is 11.9. The minimum atomic E-state index is -0.730. The van der Waals surface area contributed by atoms with Crippen LogP contribution in [0.1, 0.15) is 16.9 Å². The molecule has 7 heteroatoms. The van der Waals surface area contributed by atoms with Gasteiger partial charge < -0.3 is 10.6 Å². The predicted octanol–water partition coefficient (Wildman–Crippen LogP) is 1.57.